The van der Waals surface area contributed by atoms with Gasteiger partial charge in [-0.15, -0.1) is 71.3 Å². The van der Waals surface area contributed by atoms with Crippen LogP contribution < -0.4 is 0 Å². The molecule has 0 saturated heterocycles. The maximum absolute atomic E-state index is 6.25. The van der Waals surface area contributed by atoms with Gasteiger partial charge in [-0.1, -0.05) is 56.3 Å². The molecule has 0 aliphatic carbocycles. The molecule has 3 heterocycles. The molecule has 7 aromatic rings. The molecular weight excluding hydrogens is 657 g/mol. The van der Waals surface area contributed by atoms with Crippen molar-refractivity contribution < 1.29 is 24.5 Å². The van der Waals surface area contributed by atoms with Crippen LogP contribution in [0.1, 0.15) is 25.3 Å². The number of aromatic nitrogens is 2. The van der Waals surface area contributed by atoms with E-state index in [9.17, 15) is 0 Å². The van der Waals surface area contributed by atoms with Crippen LogP contribution in [0.4, 0.5) is 0 Å². The van der Waals surface area contributed by atoms with Crippen LogP contribution in [0, 0.1) is 12.1 Å². The standard InChI is InChI=1S/C24H18NO.C11H8N.Ir/c1-15(2)16-8-7-9-17(14-16)23-22-19-11-4-6-13-21(19)26-24(22)18-10-3-5-12-20(18)25-23;1-2-6-10(7-3-1)11-8-4-5-9-12-11;/h3-8,10-15H,1-2H3;1-6,8-9H;/q2*-1;. The van der Waals surface area contributed by atoms with Gasteiger partial charge in [0.15, 0.2) is 0 Å². The van der Waals surface area contributed by atoms with E-state index in [-0.39, 0.29) is 20.1 Å². The molecule has 39 heavy (non-hydrogen) atoms. The van der Waals surface area contributed by atoms with Gasteiger partial charge in [-0.2, -0.15) is 0 Å². The average molecular weight is 683 g/mol. The Labute approximate surface area is 241 Å². The van der Waals surface area contributed by atoms with Gasteiger partial charge in [0.25, 0.3) is 0 Å². The molecule has 0 aliphatic rings. The number of pyridine rings is 2. The van der Waals surface area contributed by atoms with Gasteiger partial charge < -0.3 is 9.40 Å². The summed E-state index contributed by atoms with van der Waals surface area (Å²) in [5, 5.41) is 3.21. The van der Waals surface area contributed by atoms with Gasteiger partial charge in [0, 0.05) is 48.2 Å². The van der Waals surface area contributed by atoms with Crippen molar-refractivity contribution in [3.8, 4) is 22.5 Å². The molecular formula is C35H26IrN2O-2. The van der Waals surface area contributed by atoms with E-state index >= 15 is 0 Å². The van der Waals surface area contributed by atoms with E-state index in [4.69, 9.17) is 9.40 Å². The van der Waals surface area contributed by atoms with Crippen LogP contribution in [0.5, 0.6) is 0 Å². The van der Waals surface area contributed by atoms with Crippen molar-refractivity contribution in [1.29, 1.82) is 0 Å². The largest absolute Gasteiger partial charge is 0.456 e. The number of rotatable bonds is 3. The Morgan fingerprint density at radius 3 is 2.23 bits per heavy atom. The zero-order chi connectivity index (χ0) is 25.9. The third kappa shape index (κ3) is 5.40. The van der Waals surface area contributed by atoms with Gasteiger partial charge in [-0.25, -0.2) is 0 Å². The minimum atomic E-state index is 0. The first kappa shape index (κ1) is 26.5. The Bertz CT molecular complexity index is 1810. The number of hydrogen-bond donors (Lipinski definition) is 0. The van der Waals surface area contributed by atoms with Crippen LogP contribution >= 0.6 is 0 Å². The molecule has 193 valence electrons. The Morgan fingerprint density at radius 2 is 1.46 bits per heavy atom. The number of furan rings is 1. The summed E-state index contributed by atoms with van der Waals surface area (Å²) in [5.41, 5.74) is 7.98. The molecule has 0 amide bonds. The summed E-state index contributed by atoms with van der Waals surface area (Å²) in [7, 11) is 0. The summed E-state index contributed by atoms with van der Waals surface area (Å²) in [4.78, 5) is 9.22. The molecule has 0 N–H and O–H groups in total. The smallest absolute Gasteiger partial charge is 0.137 e. The number of hydrogen-bond acceptors (Lipinski definition) is 3. The van der Waals surface area contributed by atoms with Crippen LogP contribution in [0.3, 0.4) is 0 Å². The molecule has 3 aromatic heterocycles. The summed E-state index contributed by atoms with van der Waals surface area (Å²) < 4.78 is 6.25. The molecule has 3 nitrogen and oxygen atoms in total. The predicted molar refractivity (Wildman–Crippen MR) is 156 cm³/mol. The number of benzene rings is 4. The summed E-state index contributed by atoms with van der Waals surface area (Å²) in [5.74, 6) is 0.459. The van der Waals surface area contributed by atoms with Gasteiger partial charge in [0.05, 0.1) is 5.52 Å². The van der Waals surface area contributed by atoms with Crippen molar-refractivity contribution in [2.45, 2.75) is 19.8 Å². The minimum Gasteiger partial charge on any atom is -0.456 e. The van der Waals surface area contributed by atoms with E-state index in [1.807, 2.05) is 84.9 Å². The second kappa shape index (κ2) is 11.7. The number of nitrogens with zero attached hydrogens (tertiary/aromatic N) is 2. The van der Waals surface area contributed by atoms with Gasteiger partial charge in [-0.3, -0.25) is 4.98 Å². The summed E-state index contributed by atoms with van der Waals surface area (Å²) in [6.07, 6.45) is 1.79. The summed E-state index contributed by atoms with van der Waals surface area (Å²) >= 11 is 0. The number of para-hydroxylation sites is 2. The molecule has 0 saturated carbocycles. The van der Waals surface area contributed by atoms with Crippen LogP contribution in [0.25, 0.3) is 55.4 Å². The van der Waals surface area contributed by atoms with Crippen molar-refractivity contribution in [2.75, 3.05) is 0 Å². The van der Waals surface area contributed by atoms with E-state index in [2.05, 4.69) is 55.2 Å². The van der Waals surface area contributed by atoms with E-state index in [0.29, 0.717) is 5.92 Å². The van der Waals surface area contributed by atoms with Crippen molar-refractivity contribution >= 4 is 32.8 Å². The zero-order valence-electron chi connectivity index (χ0n) is 21.7. The van der Waals surface area contributed by atoms with E-state index in [1.165, 1.54) is 5.56 Å². The van der Waals surface area contributed by atoms with Crippen molar-refractivity contribution in [2.24, 2.45) is 0 Å². The summed E-state index contributed by atoms with van der Waals surface area (Å²) in [6.45, 7) is 4.41. The molecule has 0 bridgehead atoms. The van der Waals surface area contributed by atoms with Gasteiger partial charge in [-0.05, 0) is 35.9 Å². The van der Waals surface area contributed by atoms with Crippen molar-refractivity contribution in [1.82, 2.24) is 9.97 Å². The Kier molecular flexibility index (Phi) is 7.97. The maximum atomic E-state index is 6.25. The Balaban J connectivity index is 0.000000200. The third-order valence-electron chi connectivity index (χ3n) is 6.61. The Hall–Kier alpha value is -4.11. The predicted octanol–water partition coefficient (Wildman–Crippen LogP) is 9.27. The van der Waals surface area contributed by atoms with E-state index in [0.717, 1.165) is 55.4 Å². The van der Waals surface area contributed by atoms with Crippen LogP contribution in [0.15, 0.2) is 120 Å². The third-order valence-corrected chi connectivity index (χ3v) is 6.61. The molecule has 0 aliphatic heterocycles. The molecule has 0 fully saturated rings. The first-order valence-electron chi connectivity index (χ1n) is 12.8. The average Bonchev–Trinajstić information content (AvgIpc) is 3.38. The topological polar surface area (TPSA) is 38.9 Å². The van der Waals surface area contributed by atoms with Crippen LogP contribution in [-0.4, -0.2) is 9.97 Å². The van der Waals surface area contributed by atoms with Crippen LogP contribution in [-0.2, 0) is 20.1 Å². The fraction of sp³-hybridized carbons (Fsp3) is 0.0857. The van der Waals surface area contributed by atoms with E-state index < -0.39 is 0 Å². The van der Waals surface area contributed by atoms with Crippen LogP contribution in [0.2, 0.25) is 0 Å². The zero-order valence-corrected chi connectivity index (χ0v) is 24.1. The second-order valence-electron chi connectivity index (χ2n) is 9.46. The monoisotopic (exact) mass is 683 g/mol. The first-order chi connectivity index (χ1) is 18.7. The molecule has 0 spiro atoms. The SMILES string of the molecule is CC(C)c1cc[c-]c(-c2nc3ccccc3c3oc4ccccc4c23)c1.[Ir].[c-]1ccccc1-c1ccccn1. The molecule has 4 heteroatoms. The molecule has 0 unspecified atom stereocenters. The molecule has 7 rings (SSSR count). The van der Waals surface area contributed by atoms with Crippen molar-refractivity contribution in [3.05, 3.63) is 133 Å². The molecule has 1 radical (unpaired) electrons. The fourth-order valence-corrected chi connectivity index (χ4v) is 4.66. The number of fused-ring (bicyclic) bond motifs is 5. The molecule has 4 aromatic carbocycles. The Morgan fingerprint density at radius 1 is 0.718 bits per heavy atom. The van der Waals surface area contributed by atoms with Gasteiger partial charge in [0.2, 0.25) is 0 Å². The first-order valence-corrected chi connectivity index (χ1v) is 12.8. The fourth-order valence-electron chi connectivity index (χ4n) is 4.66. The minimum absolute atomic E-state index is 0. The molecule has 0 atom stereocenters. The van der Waals surface area contributed by atoms with Gasteiger partial charge >= 0.3 is 0 Å². The second-order valence-corrected chi connectivity index (χ2v) is 9.46. The van der Waals surface area contributed by atoms with Gasteiger partial charge in [0.1, 0.15) is 11.2 Å². The van der Waals surface area contributed by atoms with Crippen molar-refractivity contribution in [3.63, 3.8) is 0 Å². The summed E-state index contributed by atoms with van der Waals surface area (Å²) in [6, 6.07) is 42.9. The normalized spacial score (nSPS) is 10.8. The van der Waals surface area contributed by atoms with E-state index in [1.54, 1.807) is 6.20 Å². The maximum Gasteiger partial charge on any atom is 0.137 e. The quantitative estimate of drug-likeness (QED) is 0.175.